The monoisotopic (exact) mass is 277 g/mol. The largest absolute Gasteiger partial charge is 0.496 e. The first kappa shape index (κ1) is 13.4. The molecule has 2 aromatic rings. The number of hydrogen-bond donors (Lipinski definition) is 0. The molecule has 0 radical (unpaired) electrons. The van der Waals surface area contributed by atoms with Crippen LogP contribution in [0.3, 0.4) is 0 Å². The molecule has 0 saturated heterocycles. The van der Waals surface area contributed by atoms with Crippen LogP contribution in [0.1, 0.15) is 16.1 Å². The molecule has 0 aliphatic heterocycles. The Morgan fingerprint density at radius 1 is 1.11 bits per heavy atom. The third kappa shape index (κ3) is 2.53. The van der Waals surface area contributed by atoms with Gasteiger partial charge in [0.05, 0.1) is 19.2 Å². The Labute approximate surface area is 115 Å². The van der Waals surface area contributed by atoms with Gasteiger partial charge < -0.3 is 9.47 Å². The van der Waals surface area contributed by atoms with Gasteiger partial charge in [0.15, 0.2) is 0 Å². The topological polar surface area (TPSA) is 48.4 Å². The average Bonchev–Trinajstić information content (AvgIpc) is 2.46. The highest BCUT2D eigenvalue weighted by Crippen LogP contribution is 2.31. The van der Waals surface area contributed by atoms with Gasteiger partial charge in [0, 0.05) is 6.20 Å². The van der Waals surface area contributed by atoms with Crippen LogP contribution >= 0.6 is 11.6 Å². The highest BCUT2D eigenvalue weighted by molar-refractivity contribution is 6.34. The third-order valence-corrected chi connectivity index (χ3v) is 2.93. The minimum absolute atomic E-state index is 0.173. The number of pyridine rings is 1. The van der Waals surface area contributed by atoms with Crippen LogP contribution < -0.4 is 9.47 Å². The lowest BCUT2D eigenvalue weighted by Gasteiger charge is -2.12. The van der Waals surface area contributed by atoms with Gasteiger partial charge in [-0.1, -0.05) is 17.7 Å². The zero-order chi connectivity index (χ0) is 13.8. The molecule has 0 amide bonds. The molecular formula is C14H12ClNO3. The summed E-state index contributed by atoms with van der Waals surface area (Å²) in [5.74, 6) is 0.511. The molecule has 0 saturated carbocycles. The van der Waals surface area contributed by atoms with E-state index >= 15 is 0 Å². The predicted molar refractivity (Wildman–Crippen MR) is 72.2 cm³/mol. The molecule has 0 N–H and O–H groups in total. The summed E-state index contributed by atoms with van der Waals surface area (Å²) in [5.41, 5.74) is 0.486. The van der Waals surface area contributed by atoms with Gasteiger partial charge in [-0.05, 0) is 24.3 Å². The Balaban J connectivity index is 2.58. The highest BCUT2D eigenvalue weighted by Gasteiger charge is 2.22. The van der Waals surface area contributed by atoms with Gasteiger partial charge in [-0.15, -0.1) is 0 Å². The first-order valence-corrected chi connectivity index (χ1v) is 5.93. The molecule has 0 fully saturated rings. The number of ether oxygens (including phenoxy) is 2. The molecule has 0 unspecified atom stereocenters. The number of carbonyl (C=O) groups is 1. The van der Waals surface area contributed by atoms with Crippen LogP contribution in [-0.2, 0) is 0 Å². The maximum absolute atomic E-state index is 12.5. The van der Waals surface area contributed by atoms with Crippen molar-refractivity contribution in [1.82, 2.24) is 4.98 Å². The fourth-order valence-corrected chi connectivity index (χ4v) is 1.95. The van der Waals surface area contributed by atoms with Crippen LogP contribution in [0.5, 0.6) is 11.5 Å². The first-order valence-electron chi connectivity index (χ1n) is 5.55. The fraction of sp³-hybridized carbons (Fsp3) is 0.143. The number of methoxy groups -OCH3 is 2. The van der Waals surface area contributed by atoms with E-state index < -0.39 is 0 Å². The summed E-state index contributed by atoms with van der Waals surface area (Å²) in [6, 6.07) is 8.40. The van der Waals surface area contributed by atoms with Crippen molar-refractivity contribution in [2.75, 3.05) is 14.2 Å². The van der Waals surface area contributed by atoms with Crippen molar-refractivity contribution in [3.8, 4) is 11.5 Å². The van der Waals surface area contributed by atoms with E-state index in [4.69, 9.17) is 21.1 Å². The summed E-state index contributed by atoms with van der Waals surface area (Å²) in [4.78, 5) is 16.5. The lowest BCUT2D eigenvalue weighted by Crippen LogP contribution is -2.08. The number of nitrogens with zero attached hydrogens (tertiary/aromatic N) is 1. The lowest BCUT2D eigenvalue weighted by molar-refractivity contribution is 0.102. The van der Waals surface area contributed by atoms with E-state index in [1.54, 1.807) is 30.3 Å². The zero-order valence-electron chi connectivity index (χ0n) is 10.5. The molecule has 4 nitrogen and oxygen atoms in total. The first-order chi connectivity index (χ1) is 9.19. The summed E-state index contributed by atoms with van der Waals surface area (Å²) < 4.78 is 10.4. The highest BCUT2D eigenvalue weighted by atomic mass is 35.5. The molecule has 0 bridgehead atoms. The normalized spacial score (nSPS) is 10.1. The van der Waals surface area contributed by atoms with Gasteiger partial charge in [0.1, 0.15) is 22.8 Å². The molecule has 0 spiro atoms. The zero-order valence-corrected chi connectivity index (χ0v) is 11.3. The van der Waals surface area contributed by atoms with E-state index in [0.717, 1.165) is 0 Å². The number of benzene rings is 1. The van der Waals surface area contributed by atoms with Gasteiger partial charge >= 0.3 is 0 Å². The average molecular weight is 278 g/mol. The second kappa shape index (κ2) is 5.71. The molecular weight excluding hydrogens is 266 g/mol. The molecule has 0 aliphatic carbocycles. The standard InChI is InChI=1S/C14H12ClNO3/c1-18-10-6-3-7-11(19-2)12(10)14(17)13-9(15)5-4-8-16-13/h3-8H,1-2H3. The van der Waals surface area contributed by atoms with Gasteiger partial charge in [0.2, 0.25) is 5.78 Å². The molecule has 98 valence electrons. The number of hydrogen-bond acceptors (Lipinski definition) is 4. The molecule has 2 rings (SSSR count). The lowest BCUT2D eigenvalue weighted by atomic mass is 10.1. The van der Waals surface area contributed by atoms with Crippen molar-refractivity contribution >= 4 is 17.4 Å². The number of rotatable bonds is 4. The summed E-state index contributed by atoms with van der Waals surface area (Å²) in [7, 11) is 2.98. The van der Waals surface area contributed by atoms with Crippen molar-refractivity contribution < 1.29 is 14.3 Å². The van der Waals surface area contributed by atoms with Crippen molar-refractivity contribution in [2.24, 2.45) is 0 Å². The Bertz CT molecular complexity index is 591. The maximum Gasteiger partial charge on any atom is 0.220 e. The molecule has 1 aromatic heterocycles. The van der Waals surface area contributed by atoms with Crippen LogP contribution in [-0.4, -0.2) is 25.0 Å². The van der Waals surface area contributed by atoms with E-state index in [1.807, 2.05) is 0 Å². The molecule has 0 atom stereocenters. The summed E-state index contributed by atoms with van der Waals surface area (Å²) in [5, 5.41) is 0.292. The second-order valence-electron chi connectivity index (χ2n) is 3.70. The molecule has 1 heterocycles. The van der Waals surface area contributed by atoms with Crippen molar-refractivity contribution in [1.29, 1.82) is 0 Å². The van der Waals surface area contributed by atoms with Gasteiger partial charge in [-0.3, -0.25) is 9.78 Å². The van der Waals surface area contributed by atoms with E-state index in [2.05, 4.69) is 4.98 Å². The molecule has 0 aliphatic rings. The smallest absolute Gasteiger partial charge is 0.220 e. The SMILES string of the molecule is COc1cccc(OC)c1C(=O)c1ncccc1Cl. The summed E-state index contributed by atoms with van der Waals surface area (Å²) >= 11 is 6.00. The minimum atomic E-state index is -0.333. The van der Waals surface area contributed by atoms with Gasteiger partial charge in [-0.2, -0.15) is 0 Å². The van der Waals surface area contributed by atoms with Crippen molar-refractivity contribution in [3.63, 3.8) is 0 Å². The van der Waals surface area contributed by atoms with Crippen LogP contribution in [0.2, 0.25) is 5.02 Å². The van der Waals surface area contributed by atoms with Gasteiger partial charge in [-0.25, -0.2) is 0 Å². The van der Waals surface area contributed by atoms with Crippen LogP contribution in [0.15, 0.2) is 36.5 Å². The summed E-state index contributed by atoms with van der Waals surface area (Å²) in [6.07, 6.45) is 1.51. The van der Waals surface area contributed by atoms with Crippen molar-refractivity contribution in [2.45, 2.75) is 0 Å². The number of carbonyl (C=O) groups excluding carboxylic acids is 1. The van der Waals surface area contributed by atoms with Crippen LogP contribution in [0, 0.1) is 0 Å². The number of halogens is 1. The quantitative estimate of drug-likeness (QED) is 0.806. The van der Waals surface area contributed by atoms with Crippen LogP contribution in [0.25, 0.3) is 0 Å². The minimum Gasteiger partial charge on any atom is -0.496 e. The predicted octanol–water partition coefficient (Wildman–Crippen LogP) is 2.98. The van der Waals surface area contributed by atoms with E-state index in [0.29, 0.717) is 22.1 Å². The summed E-state index contributed by atoms with van der Waals surface area (Å²) in [6.45, 7) is 0. The van der Waals surface area contributed by atoms with Crippen LogP contribution in [0.4, 0.5) is 0 Å². The Kier molecular flexibility index (Phi) is 4.02. The molecule has 1 aromatic carbocycles. The Hall–Kier alpha value is -2.07. The molecule has 5 heteroatoms. The second-order valence-corrected chi connectivity index (χ2v) is 4.11. The number of ketones is 1. The Morgan fingerprint density at radius 3 is 2.26 bits per heavy atom. The van der Waals surface area contributed by atoms with E-state index in [-0.39, 0.29) is 11.5 Å². The maximum atomic E-state index is 12.5. The van der Waals surface area contributed by atoms with Crippen molar-refractivity contribution in [3.05, 3.63) is 52.8 Å². The third-order valence-electron chi connectivity index (χ3n) is 2.63. The van der Waals surface area contributed by atoms with E-state index in [1.165, 1.54) is 20.4 Å². The van der Waals surface area contributed by atoms with E-state index in [9.17, 15) is 4.79 Å². The fourth-order valence-electron chi connectivity index (χ4n) is 1.75. The number of aromatic nitrogens is 1. The Morgan fingerprint density at radius 2 is 1.74 bits per heavy atom. The van der Waals surface area contributed by atoms with Gasteiger partial charge in [0.25, 0.3) is 0 Å². The molecule has 19 heavy (non-hydrogen) atoms.